The summed E-state index contributed by atoms with van der Waals surface area (Å²) in [6, 6.07) is 0. The quantitative estimate of drug-likeness (QED) is 0.426. The lowest BCUT2D eigenvalue weighted by Crippen LogP contribution is -2.31. The molecule has 0 spiro atoms. The number of halogens is 1. The van der Waals surface area contributed by atoms with E-state index in [0.29, 0.717) is 6.42 Å². The molecule has 118 valence electrons. The number of rotatable bonds is 0. The van der Waals surface area contributed by atoms with E-state index in [2.05, 4.69) is 27.4 Å². The fraction of sp³-hybridized carbons (Fsp3) is 0.700. The van der Waals surface area contributed by atoms with Crippen LogP contribution in [0.4, 0.5) is 4.39 Å². The molecule has 2 aliphatic rings. The highest BCUT2D eigenvalue weighted by molar-refractivity contribution is 5.26. The monoisotopic (exact) mass is 290 g/mol. The van der Waals surface area contributed by atoms with Gasteiger partial charge in [-0.1, -0.05) is 37.1 Å². The Morgan fingerprint density at radius 3 is 2.29 bits per heavy atom. The van der Waals surface area contributed by atoms with Crippen LogP contribution >= 0.6 is 0 Å². The molecule has 0 aromatic heterocycles. The minimum Gasteiger partial charge on any atom is -0.212 e. The lowest BCUT2D eigenvalue weighted by molar-refractivity contribution is 0.207. The molecule has 0 amide bonds. The zero-order valence-electron chi connectivity index (χ0n) is 14.3. The van der Waals surface area contributed by atoms with E-state index in [1.165, 1.54) is 24.8 Å². The van der Waals surface area contributed by atoms with Crippen molar-refractivity contribution in [3.8, 4) is 0 Å². The molecule has 2 rings (SSSR count). The Hall–Kier alpha value is -0.850. The van der Waals surface area contributed by atoms with Crippen molar-refractivity contribution in [2.75, 3.05) is 0 Å². The van der Waals surface area contributed by atoms with Gasteiger partial charge in [0.2, 0.25) is 0 Å². The van der Waals surface area contributed by atoms with Gasteiger partial charge in [-0.15, -0.1) is 0 Å². The first-order chi connectivity index (χ1) is 9.82. The average molecular weight is 290 g/mol. The molecule has 0 radical (unpaired) electrons. The fourth-order valence-electron chi connectivity index (χ4n) is 4.19. The van der Waals surface area contributed by atoms with Gasteiger partial charge in [0.25, 0.3) is 0 Å². The lowest BCUT2D eigenvalue weighted by atomic mass is 9.62. The van der Waals surface area contributed by atoms with E-state index in [1.54, 1.807) is 11.1 Å². The van der Waals surface area contributed by atoms with Crippen molar-refractivity contribution in [3.05, 3.63) is 34.7 Å². The van der Waals surface area contributed by atoms with Crippen molar-refractivity contribution in [1.82, 2.24) is 0 Å². The van der Waals surface area contributed by atoms with Crippen molar-refractivity contribution in [3.63, 3.8) is 0 Å². The Labute approximate surface area is 130 Å². The third-order valence-electron chi connectivity index (χ3n) is 5.94. The molecule has 0 aromatic rings. The second-order valence-electron chi connectivity index (χ2n) is 7.69. The van der Waals surface area contributed by atoms with Crippen LogP contribution in [0.15, 0.2) is 34.7 Å². The molecule has 2 bridgehead atoms. The Bertz CT molecular complexity index is 476. The highest BCUT2D eigenvalue weighted by Crippen LogP contribution is 2.49. The summed E-state index contributed by atoms with van der Waals surface area (Å²) >= 11 is 0. The van der Waals surface area contributed by atoms with Gasteiger partial charge in [0.1, 0.15) is 0 Å². The maximum absolute atomic E-state index is 14.2. The molecule has 21 heavy (non-hydrogen) atoms. The number of hydrogen-bond donors (Lipinski definition) is 0. The molecule has 0 N–H and O–H groups in total. The van der Waals surface area contributed by atoms with Gasteiger partial charge in [-0.05, 0) is 75.7 Å². The van der Waals surface area contributed by atoms with Gasteiger partial charge >= 0.3 is 0 Å². The molecule has 0 saturated heterocycles. The largest absolute Gasteiger partial charge is 0.212 e. The Morgan fingerprint density at radius 2 is 1.57 bits per heavy atom. The minimum absolute atomic E-state index is 0.0974. The molecule has 0 unspecified atom stereocenters. The van der Waals surface area contributed by atoms with Gasteiger partial charge in [0.05, 0.1) is 5.83 Å². The standard InChI is InChI=1S/C20H31F/c1-14-6-10-17-11-8-15(2)18(20(17,4)5)12-9-16(3)19(21)13-7-14/h17H,1,6-13H2,2-5H3/b19-16-/t17-/m1/s1. The van der Waals surface area contributed by atoms with Gasteiger partial charge in [-0.25, -0.2) is 4.39 Å². The molecular weight excluding hydrogens is 259 g/mol. The second kappa shape index (κ2) is 6.50. The topological polar surface area (TPSA) is 0 Å². The van der Waals surface area contributed by atoms with Crippen LogP contribution in [-0.2, 0) is 0 Å². The van der Waals surface area contributed by atoms with Crippen LogP contribution in [0.1, 0.15) is 79.1 Å². The SMILES string of the molecule is C=C1CC/C(F)=C(\C)CCC2=C(C)CC[C@@H](CC1)C2(C)C. The first kappa shape index (κ1) is 16.5. The van der Waals surface area contributed by atoms with E-state index in [-0.39, 0.29) is 11.2 Å². The van der Waals surface area contributed by atoms with Crippen LogP contribution in [0.3, 0.4) is 0 Å². The van der Waals surface area contributed by atoms with E-state index >= 15 is 0 Å². The minimum atomic E-state index is 0.0974. The first-order valence-electron chi connectivity index (χ1n) is 8.52. The molecule has 0 aromatic carbocycles. The zero-order valence-corrected chi connectivity index (χ0v) is 14.3. The third kappa shape index (κ3) is 3.67. The van der Waals surface area contributed by atoms with Gasteiger partial charge in [0, 0.05) is 6.42 Å². The molecule has 0 nitrogen and oxygen atoms in total. The predicted octanol–water partition coefficient (Wildman–Crippen LogP) is 6.89. The van der Waals surface area contributed by atoms with Crippen LogP contribution in [0.2, 0.25) is 0 Å². The summed E-state index contributed by atoms with van der Waals surface area (Å²) in [5.74, 6) is 0.849. The van der Waals surface area contributed by atoms with Crippen molar-refractivity contribution < 1.29 is 4.39 Å². The van der Waals surface area contributed by atoms with Gasteiger partial charge < -0.3 is 0 Å². The number of fused-ring (bicyclic) bond motifs is 2. The number of hydrogen-bond acceptors (Lipinski definition) is 0. The van der Waals surface area contributed by atoms with Gasteiger partial charge in [-0.3, -0.25) is 0 Å². The molecule has 0 heterocycles. The Balaban J connectivity index is 2.32. The second-order valence-corrected chi connectivity index (χ2v) is 7.69. The van der Waals surface area contributed by atoms with Crippen molar-refractivity contribution in [1.29, 1.82) is 0 Å². The normalized spacial score (nSPS) is 31.7. The van der Waals surface area contributed by atoms with Crippen LogP contribution in [0.5, 0.6) is 0 Å². The first-order valence-corrected chi connectivity index (χ1v) is 8.52. The summed E-state index contributed by atoms with van der Waals surface area (Å²) in [6.45, 7) is 13.2. The van der Waals surface area contributed by atoms with E-state index in [9.17, 15) is 4.39 Å². The molecule has 0 fully saturated rings. The summed E-state index contributed by atoms with van der Waals surface area (Å²) in [7, 11) is 0. The third-order valence-corrected chi connectivity index (χ3v) is 5.94. The maximum atomic E-state index is 14.2. The van der Waals surface area contributed by atoms with Crippen molar-refractivity contribution in [2.45, 2.75) is 79.1 Å². The Morgan fingerprint density at radius 1 is 0.905 bits per heavy atom. The predicted molar refractivity (Wildman–Crippen MR) is 89.9 cm³/mol. The molecular formula is C20H31F. The van der Waals surface area contributed by atoms with Gasteiger partial charge in [0.15, 0.2) is 0 Å². The maximum Gasteiger partial charge on any atom is 0.0992 e. The van der Waals surface area contributed by atoms with Crippen LogP contribution in [0.25, 0.3) is 0 Å². The fourth-order valence-corrected chi connectivity index (χ4v) is 4.19. The van der Waals surface area contributed by atoms with Crippen LogP contribution in [0, 0.1) is 11.3 Å². The van der Waals surface area contributed by atoms with Crippen LogP contribution in [-0.4, -0.2) is 0 Å². The molecule has 2 aliphatic carbocycles. The molecule has 0 aliphatic heterocycles. The number of allylic oxidation sites excluding steroid dienone is 5. The zero-order chi connectivity index (χ0) is 15.6. The lowest BCUT2D eigenvalue weighted by Gasteiger charge is -2.43. The summed E-state index contributed by atoms with van der Waals surface area (Å²) in [5.41, 5.74) is 5.58. The summed E-state index contributed by atoms with van der Waals surface area (Å²) < 4.78 is 14.2. The average Bonchev–Trinajstić information content (AvgIpc) is 2.41. The van der Waals surface area contributed by atoms with Crippen molar-refractivity contribution >= 4 is 0 Å². The molecule has 1 atom stereocenters. The molecule has 1 heteroatoms. The summed E-state index contributed by atoms with van der Waals surface area (Å²) in [6.07, 6.45) is 8.09. The highest BCUT2D eigenvalue weighted by atomic mass is 19.1. The van der Waals surface area contributed by atoms with E-state index in [0.717, 1.165) is 37.2 Å². The summed E-state index contributed by atoms with van der Waals surface area (Å²) in [4.78, 5) is 0. The summed E-state index contributed by atoms with van der Waals surface area (Å²) in [5, 5.41) is 0. The van der Waals surface area contributed by atoms with Crippen LogP contribution < -0.4 is 0 Å². The van der Waals surface area contributed by atoms with Crippen molar-refractivity contribution in [2.24, 2.45) is 11.3 Å². The smallest absolute Gasteiger partial charge is 0.0992 e. The van der Waals surface area contributed by atoms with E-state index < -0.39 is 0 Å². The van der Waals surface area contributed by atoms with E-state index in [1.807, 2.05) is 6.92 Å². The van der Waals surface area contributed by atoms with E-state index in [4.69, 9.17) is 0 Å². The molecule has 0 saturated carbocycles. The Kier molecular flexibility index (Phi) is 5.11. The highest BCUT2D eigenvalue weighted by Gasteiger charge is 2.36. The van der Waals surface area contributed by atoms with Gasteiger partial charge in [-0.2, -0.15) is 0 Å².